The topological polar surface area (TPSA) is 78.6 Å². The van der Waals surface area contributed by atoms with E-state index in [4.69, 9.17) is 5.73 Å². The van der Waals surface area contributed by atoms with Crippen LogP contribution in [-0.2, 0) is 4.79 Å². The summed E-state index contributed by atoms with van der Waals surface area (Å²) in [5.74, 6) is -0.564. The van der Waals surface area contributed by atoms with Gasteiger partial charge in [-0.2, -0.15) is 0 Å². The monoisotopic (exact) mass is 323 g/mol. The van der Waals surface area contributed by atoms with E-state index in [0.29, 0.717) is 19.3 Å². The van der Waals surface area contributed by atoms with Crippen molar-refractivity contribution in [2.24, 2.45) is 5.73 Å². The number of aliphatic hydroxyl groups is 1. The number of carbonyl (C=O) groups is 1. The Labute approximate surface area is 136 Å². The van der Waals surface area contributed by atoms with Crippen LogP contribution in [0, 0.1) is 5.82 Å². The van der Waals surface area contributed by atoms with Crippen LogP contribution in [0.1, 0.15) is 44.7 Å². The molecule has 1 aliphatic heterocycles. The standard InChI is InChI=1S/C17H26FN3O2/c1-3-15(19)17(23)20-11(2)14-10-12(18)4-5-16(14)21-8-6-13(22)7-9-21/h4-5,10-11,13,15,22H,3,6-9,19H2,1-2H3,(H,20,23)/t11-,15-/m0/s1. The summed E-state index contributed by atoms with van der Waals surface area (Å²) >= 11 is 0. The number of piperidine rings is 1. The van der Waals surface area contributed by atoms with Gasteiger partial charge in [-0.25, -0.2) is 4.39 Å². The summed E-state index contributed by atoms with van der Waals surface area (Å²) in [4.78, 5) is 14.1. The maximum absolute atomic E-state index is 13.7. The Morgan fingerprint density at radius 2 is 2.13 bits per heavy atom. The highest BCUT2D eigenvalue weighted by Gasteiger charge is 2.23. The van der Waals surface area contributed by atoms with Gasteiger partial charge in [0.1, 0.15) is 5.82 Å². The van der Waals surface area contributed by atoms with Crippen LogP contribution in [0.3, 0.4) is 0 Å². The first-order chi connectivity index (χ1) is 10.9. The molecule has 1 aromatic rings. The molecule has 0 spiro atoms. The molecule has 0 saturated carbocycles. The van der Waals surface area contributed by atoms with E-state index in [9.17, 15) is 14.3 Å². The van der Waals surface area contributed by atoms with Crippen LogP contribution in [-0.4, -0.2) is 36.2 Å². The number of halogens is 1. The number of aliphatic hydroxyl groups excluding tert-OH is 1. The fraction of sp³-hybridized carbons (Fsp3) is 0.588. The van der Waals surface area contributed by atoms with Crippen LogP contribution in [0.15, 0.2) is 18.2 Å². The van der Waals surface area contributed by atoms with Crippen LogP contribution in [0.2, 0.25) is 0 Å². The van der Waals surface area contributed by atoms with Crippen LogP contribution < -0.4 is 16.0 Å². The van der Waals surface area contributed by atoms with Gasteiger partial charge in [0.25, 0.3) is 0 Å². The molecule has 5 nitrogen and oxygen atoms in total. The molecule has 0 radical (unpaired) electrons. The zero-order valence-electron chi connectivity index (χ0n) is 13.8. The van der Waals surface area contributed by atoms with E-state index in [0.717, 1.165) is 24.3 Å². The van der Waals surface area contributed by atoms with Crippen molar-refractivity contribution in [1.29, 1.82) is 0 Å². The minimum absolute atomic E-state index is 0.232. The minimum Gasteiger partial charge on any atom is -0.393 e. The second kappa shape index (κ2) is 7.75. The molecule has 0 aromatic heterocycles. The van der Waals surface area contributed by atoms with Gasteiger partial charge in [-0.05, 0) is 44.4 Å². The summed E-state index contributed by atoms with van der Waals surface area (Å²) in [5.41, 5.74) is 7.38. The molecule has 1 aromatic carbocycles. The maximum atomic E-state index is 13.7. The van der Waals surface area contributed by atoms with E-state index >= 15 is 0 Å². The van der Waals surface area contributed by atoms with Gasteiger partial charge in [0, 0.05) is 24.3 Å². The van der Waals surface area contributed by atoms with E-state index in [1.165, 1.54) is 12.1 Å². The lowest BCUT2D eigenvalue weighted by Crippen LogP contribution is -2.42. The predicted octanol–water partition coefficient (Wildman–Crippen LogP) is 1.70. The molecular weight excluding hydrogens is 297 g/mol. The first-order valence-corrected chi connectivity index (χ1v) is 8.20. The molecule has 4 N–H and O–H groups in total. The SMILES string of the molecule is CC[C@H](N)C(=O)N[C@@H](C)c1cc(F)ccc1N1CCC(O)CC1. The molecule has 1 heterocycles. The quantitative estimate of drug-likeness (QED) is 0.771. The summed E-state index contributed by atoms with van der Waals surface area (Å²) < 4.78 is 13.7. The number of nitrogens with one attached hydrogen (secondary N) is 1. The Hall–Kier alpha value is -1.66. The van der Waals surface area contributed by atoms with Gasteiger partial charge in [-0.15, -0.1) is 0 Å². The fourth-order valence-electron chi connectivity index (χ4n) is 2.85. The first-order valence-electron chi connectivity index (χ1n) is 8.20. The highest BCUT2D eigenvalue weighted by atomic mass is 19.1. The summed E-state index contributed by atoms with van der Waals surface area (Å²) in [5, 5.41) is 12.5. The smallest absolute Gasteiger partial charge is 0.237 e. The average Bonchev–Trinajstić information content (AvgIpc) is 2.54. The summed E-state index contributed by atoms with van der Waals surface area (Å²) in [6.45, 7) is 5.11. The lowest BCUT2D eigenvalue weighted by atomic mass is 10.0. The molecular formula is C17H26FN3O2. The van der Waals surface area contributed by atoms with Gasteiger partial charge in [-0.3, -0.25) is 4.79 Å². The van der Waals surface area contributed by atoms with Crippen molar-refractivity contribution >= 4 is 11.6 Å². The predicted molar refractivity (Wildman–Crippen MR) is 88.7 cm³/mol. The third-order valence-corrected chi connectivity index (χ3v) is 4.40. The number of hydrogen-bond acceptors (Lipinski definition) is 4. The number of nitrogens with two attached hydrogens (primary N) is 1. The summed E-state index contributed by atoms with van der Waals surface area (Å²) in [6.07, 6.45) is 1.67. The highest BCUT2D eigenvalue weighted by molar-refractivity contribution is 5.82. The maximum Gasteiger partial charge on any atom is 0.237 e. The van der Waals surface area contributed by atoms with Gasteiger partial charge in [0.15, 0.2) is 0 Å². The van der Waals surface area contributed by atoms with E-state index in [2.05, 4.69) is 10.2 Å². The van der Waals surface area contributed by atoms with Crippen molar-refractivity contribution in [1.82, 2.24) is 5.32 Å². The van der Waals surface area contributed by atoms with Crippen molar-refractivity contribution < 1.29 is 14.3 Å². The largest absolute Gasteiger partial charge is 0.393 e. The van der Waals surface area contributed by atoms with Gasteiger partial charge in [-0.1, -0.05) is 6.92 Å². The minimum atomic E-state index is -0.556. The Morgan fingerprint density at radius 1 is 1.48 bits per heavy atom. The normalized spacial score (nSPS) is 18.6. The summed E-state index contributed by atoms with van der Waals surface area (Å²) in [6, 6.07) is 3.74. The highest BCUT2D eigenvalue weighted by Crippen LogP contribution is 2.29. The van der Waals surface area contributed by atoms with Gasteiger partial charge >= 0.3 is 0 Å². The molecule has 1 fully saturated rings. The van der Waals surface area contributed by atoms with Gasteiger partial charge in [0.2, 0.25) is 5.91 Å². The van der Waals surface area contributed by atoms with Crippen molar-refractivity contribution in [3.63, 3.8) is 0 Å². The molecule has 0 unspecified atom stereocenters. The molecule has 6 heteroatoms. The molecule has 2 atom stereocenters. The molecule has 23 heavy (non-hydrogen) atoms. The van der Waals surface area contributed by atoms with Crippen molar-refractivity contribution in [3.8, 4) is 0 Å². The Kier molecular flexibility index (Phi) is 5.96. The van der Waals surface area contributed by atoms with Crippen LogP contribution in [0.25, 0.3) is 0 Å². The average molecular weight is 323 g/mol. The molecule has 0 aliphatic carbocycles. The zero-order valence-corrected chi connectivity index (χ0v) is 13.8. The Balaban J connectivity index is 2.19. The Bertz CT molecular complexity index is 545. The van der Waals surface area contributed by atoms with Crippen LogP contribution >= 0.6 is 0 Å². The lowest BCUT2D eigenvalue weighted by molar-refractivity contribution is -0.123. The lowest BCUT2D eigenvalue weighted by Gasteiger charge is -2.34. The summed E-state index contributed by atoms with van der Waals surface area (Å²) in [7, 11) is 0. The van der Waals surface area contributed by atoms with Gasteiger partial charge < -0.3 is 21.1 Å². The van der Waals surface area contributed by atoms with Crippen molar-refractivity contribution in [2.45, 2.75) is 51.3 Å². The number of anilines is 1. The Morgan fingerprint density at radius 3 is 2.74 bits per heavy atom. The van der Waals surface area contributed by atoms with Crippen LogP contribution in [0.4, 0.5) is 10.1 Å². The van der Waals surface area contributed by atoms with E-state index < -0.39 is 6.04 Å². The third-order valence-electron chi connectivity index (χ3n) is 4.40. The third kappa shape index (κ3) is 4.42. The van der Waals surface area contributed by atoms with E-state index in [1.54, 1.807) is 6.07 Å². The zero-order chi connectivity index (χ0) is 17.0. The van der Waals surface area contributed by atoms with Crippen molar-refractivity contribution in [2.75, 3.05) is 18.0 Å². The van der Waals surface area contributed by atoms with Crippen molar-refractivity contribution in [3.05, 3.63) is 29.6 Å². The molecule has 1 aliphatic rings. The fourth-order valence-corrected chi connectivity index (χ4v) is 2.85. The molecule has 2 rings (SSSR count). The molecule has 128 valence electrons. The second-order valence-electron chi connectivity index (χ2n) is 6.17. The van der Waals surface area contributed by atoms with Crippen LogP contribution in [0.5, 0.6) is 0 Å². The molecule has 1 saturated heterocycles. The number of amides is 1. The van der Waals surface area contributed by atoms with E-state index in [-0.39, 0.29) is 23.9 Å². The second-order valence-corrected chi connectivity index (χ2v) is 6.17. The number of hydrogen-bond donors (Lipinski definition) is 3. The number of benzene rings is 1. The number of rotatable bonds is 5. The molecule has 0 bridgehead atoms. The number of carbonyl (C=O) groups excluding carboxylic acids is 1. The van der Waals surface area contributed by atoms with E-state index in [1.807, 2.05) is 13.8 Å². The first kappa shape index (κ1) is 17.7. The van der Waals surface area contributed by atoms with Gasteiger partial charge in [0.05, 0.1) is 18.2 Å². The molecule has 1 amide bonds. The number of nitrogens with zero attached hydrogens (tertiary/aromatic N) is 1.